The van der Waals surface area contributed by atoms with Gasteiger partial charge in [-0.05, 0) is 13.3 Å². The largest absolute Gasteiger partial charge is 0.464 e. The standard InChI is InChI=1S/C19H35NO4/c1-4-6-7-8-9-10-11-12-13-14-16-23-18(21)17(3)20-19(22)24-15-5-2/h5,17H,2,4,6-16H2,1,3H3,(H,20,22)/t17-/m0/s1. The molecule has 24 heavy (non-hydrogen) atoms. The Hall–Kier alpha value is -1.52. The molecule has 0 unspecified atom stereocenters. The zero-order valence-corrected chi connectivity index (χ0v) is 15.5. The molecule has 0 bridgehead atoms. The quantitative estimate of drug-likeness (QED) is 0.265. The van der Waals surface area contributed by atoms with E-state index in [2.05, 4.69) is 18.8 Å². The zero-order valence-electron chi connectivity index (χ0n) is 15.5. The second-order valence-electron chi connectivity index (χ2n) is 6.10. The molecule has 0 aromatic carbocycles. The van der Waals surface area contributed by atoms with Crippen molar-refractivity contribution in [3.8, 4) is 0 Å². The van der Waals surface area contributed by atoms with Gasteiger partial charge in [0.05, 0.1) is 6.61 Å². The van der Waals surface area contributed by atoms with Crippen LogP contribution in [0.1, 0.15) is 78.1 Å². The molecule has 0 saturated heterocycles. The summed E-state index contributed by atoms with van der Waals surface area (Å²) in [6.07, 6.45) is 13.2. The number of nitrogens with one attached hydrogen (secondary N) is 1. The number of carbonyl (C=O) groups is 2. The van der Waals surface area contributed by atoms with Crippen LogP contribution in [0, 0.1) is 0 Å². The number of rotatable bonds is 15. The molecule has 0 aromatic heterocycles. The van der Waals surface area contributed by atoms with E-state index in [-0.39, 0.29) is 6.61 Å². The lowest BCUT2D eigenvalue weighted by Crippen LogP contribution is -2.40. The third-order valence-electron chi connectivity index (χ3n) is 3.76. The van der Waals surface area contributed by atoms with E-state index in [1.54, 1.807) is 6.92 Å². The van der Waals surface area contributed by atoms with Crippen molar-refractivity contribution in [2.75, 3.05) is 13.2 Å². The summed E-state index contributed by atoms with van der Waals surface area (Å²) in [5.74, 6) is -0.429. The molecule has 0 rings (SSSR count). The number of carbonyl (C=O) groups excluding carboxylic acids is 2. The SMILES string of the molecule is C=CCOC(=O)N[C@@H](C)C(=O)OCCCCCCCCCCCC. The van der Waals surface area contributed by atoms with Crippen molar-refractivity contribution >= 4 is 12.1 Å². The first kappa shape index (κ1) is 22.5. The number of esters is 1. The summed E-state index contributed by atoms with van der Waals surface area (Å²) >= 11 is 0. The molecule has 5 heteroatoms. The van der Waals surface area contributed by atoms with Crippen LogP contribution in [-0.4, -0.2) is 31.3 Å². The molecule has 1 amide bonds. The van der Waals surface area contributed by atoms with Crippen LogP contribution in [0.15, 0.2) is 12.7 Å². The maximum absolute atomic E-state index is 11.7. The normalized spacial score (nSPS) is 11.6. The smallest absolute Gasteiger partial charge is 0.408 e. The molecule has 0 radical (unpaired) electrons. The molecule has 0 saturated carbocycles. The molecule has 0 aromatic rings. The van der Waals surface area contributed by atoms with Gasteiger partial charge in [-0.25, -0.2) is 9.59 Å². The van der Waals surface area contributed by atoms with Crippen molar-refractivity contribution in [1.82, 2.24) is 5.32 Å². The van der Waals surface area contributed by atoms with E-state index in [9.17, 15) is 9.59 Å². The number of ether oxygens (including phenoxy) is 2. The highest BCUT2D eigenvalue weighted by Gasteiger charge is 2.17. The van der Waals surface area contributed by atoms with Crippen LogP contribution in [0.4, 0.5) is 4.79 Å². The molecule has 0 spiro atoms. The fourth-order valence-corrected chi connectivity index (χ4v) is 2.30. The summed E-state index contributed by atoms with van der Waals surface area (Å²) in [7, 11) is 0. The van der Waals surface area contributed by atoms with Gasteiger partial charge < -0.3 is 14.8 Å². The fraction of sp³-hybridized carbons (Fsp3) is 0.789. The fourth-order valence-electron chi connectivity index (χ4n) is 2.30. The van der Waals surface area contributed by atoms with Crippen LogP contribution in [0.5, 0.6) is 0 Å². The van der Waals surface area contributed by atoms with Gasteiger partial charge in [0.15, 0.2) is 0 Å². The van der Waals surface area contributed by atoms with Crippen LogP contribution < -0.4 is 5.32 Å². The number of amides is 1. The lowest BCUT2D eigenvalue weighted by Gasteiger charge is -2.13. The number of alkyl carbamates (subject to hydrolysis) is 1. The first-order valence-corrected chi connectivity index (χ1v) is 9.32. The Morgan fingerprint density at radius 3 is 2.04 bits per heavy atom. The predicted octanol–water partition coefficient (Wildman–Crippen LogP) is 4.75. The van der Waals surface area contributed by atoms with Crippen molar-refractivity contribution in [2.45, 2.75) is 84.1 Å². The van der Waals surface area contributed by atoms with Gasteiger partial charge in [0, 0.05) is 0 Å². The van der Waals surface area contributed by atoms with E-state index in [0.29, 0.717) is 6.61 Å². The van der Waals surface area contributed by atoms with Crippen molar-refractivity contribution in [2.24, 2.45) is 0 Å². The van der Waals surface area contributed by atoms with Crippen molar-refractivity contribution in [3.05, 3.63) is 12.7 Å². The Morgan fingerprint density at radius 1 is 0.958 bits per heavy atom. The van der Waals surface area contributed by atoms with Gasteiger partial charge in [-0.15, -0.1) is 0 Å². The second kappa shape index (κ2) is 16.3. The first-order chi connectivity index (χ1) is 11.6. The maximum atomic E-state index is 11.7. The predicted molar refractivity (Wildman–Crippen MR) is 96.9 cm³/mol. The molecule has 140 valence electrons. The molecule has 0 heterocycles. The molecule has 0 fully saturated rings. The van der Waals surface area contributed by atoms with Gasteiger partial charge in [0.25, 0.3) is 0 Å². The highest BCUT2D eigenvalue weighted by atomic mass is 16.6. The van der Waals surface area contributed by atoms with Crippen LogP contribution in [0.3, 0.4) is 0 Å². The molecule has 1 N–H and O–H groups in total. The molecule has 0 aliphatic carbocycles. The topological polar surface area (TPSA) is 64.6 Å². The minimum atomic E-state index is -0.703. The average molecular weight is 341 g/mol. The average Bonchev–Trinajstić information content (AvgIpc) is 2.57. The van der Waals surface area contributed by atoms with Gasteiger partial charge >= 0.3 is 12.1 Å². The zero-order chi connectivity index (χ0) is 18.0. The van der Waals surface area contributed by atoms with E-state index in [0.717, 1.165) is 12.8 Å². The van der Waals surface area contributed by atoms with Crippen LogP contribution >= 0.6 is 0 Å². The Balaban J connectivity index is 3.45. The van der Waals surface area contributed by atoms with Gasteiger partial charge in [-0.1, -0.05) is 77.4 Å². The lowest BCUT2D eigenvalue weighted by molar-refractivity contribution is -0.145. The molecular formula is C19H35NO4. The minimum Gasteiger partial charge on any atom is -0.464 e. The van der Waals surface area contributed by atoms with Crippen LogP contribution in [-0.2, 0) is 14.3 Å². The van der Waals surface area contributed by atoms with Crippen molar-refractivity contribution in [1.29, 1.82) is 0 Å². The minimum absolute atomic E-state index is 0.117. The van der Waals surface area contributed by atoms with Crippen LogP contribution in [0.25, 0.3) is 0 Å². The Labute approximate surface area is 147 Å². The van der Waals surface area contributed by atoms with Gasteiger partial charge in [0.2, 0.25) is 0 Å². The Kier molecular flexibility index (Phi) is 15.3. The summed E-state index contributed by atoms with van der Waals surface area (Å²) < 4.78 is 9.90. The van der Waals surface area contributed by atoms with E-state index in [1.807, 2.05) is 0 Å². The van der Waals surface area contributed by atoms with E-state index < -0.39 is 18.1 Å². The summed E-state index contributed by atoms with van der Waals surface area (Å²) in [5.41, 5.74) is 0. The number of hydrogen-bond acceptors (Lipinski definition) is 4. The van der Waals surface area contributed by atoms with E-state index in [1.165, 1.54) is 57.4 Å². The lowest BCUT2D eigenvalue weighted by atomic mass is 10.1. The molecular weight excluding hydrogens is 306 g/mol. The van der Waals surface area contributed by atoms with E-state index >= 15 is 0 Å². The van der Waals surface area contributed by atoms with Crippen molar-refractivity contribution < 1.29 is 19.1 Å². The Bertz CT molecular complexity index is 344. The highest BCUT2D eigenvalue weighted by Crippen LogP contribution is 2.10. The third kappa shape index (κ3) is 14.1. The number of hydrogen-bond donors (Lipinski definition) is 1. The molecule has 0 aliphatic heterocycles. The van der Waals surface area contributed by atoms with Gasteiger partial charge in [-0.2, -0.15) is 0 Å². The third-order valence-corrected chi connectivity index (χ3v) is 3.76. The number of unbranched alkanes of at least 4 members (excludes halogenated alkanes) is 9. The van der Waals surface area contributed by atoms with Gasteiger partial charge in [0.1, 0.15) is 12.6 Å². The summed E-state index contributed by atoms with van der Waals surface area (Å²) in [5, 5.41) is 2.42. The molecule has 5 nitrogen and oxygen atoms in total. The summed E-state index contributed by atoms with van der Waals surface area (Å²) in [6, 6.07) is -0.703. The van der Waals surface area contributed by atoms with Gasteiger partial charge in [-0.3, -0.25) is 0 Å². The summed E-state index contributed by atoms with van der Waals surface area (Å²) in [4.78, 5) is 23.0. The second-order valence-corrected chi connectivity index (χ2v) is 6.10. The monoisotopic (exact) mass is 341 g/mol. The maximum Gasteiger partial charge on any atom is 0.408 e. The molecule has 0 aliphatic rings. The van der Waals surface area contributed by atoms with E-state index in [4.69, 9.17) is 9.47 Å². The Morgan fingerprint density at radius 2 is 1.50 bits per heavy atom. The summed E-state index contributed by atoms with van der Waals surface area (Å²) in [6.45, 7) is 7.78. The van der Waals surface area contributed by atoms with Crippen molar-refractivity contribution in [3.63, 3.8) is 0 Å². The van der Waals surface area contributed by atoms with Crippen LogP contribution in [0.2, 0.25) is 0 Å². The molecule has 1 atom stereocenters. The highest BCUT2D eigenvalue weighted by molar-refractivity contribution is 5.80. The first-order valence-electron chi connectivity index (χ1n) is 9.32.